The number of methoxy groups -OCH3 is 1. The zero-order chi connectivity index (χ0) is 19.4. The number of hydrogen-bond acceptors (Lipinski definition) is 5. The molecule has 0 bridgehead atoms. The van der Waals surface area contributed by atoms with Crippen molar-refractivity contribution in [3.63, 3.8) is 0 Å². The van der Waals surface area contributed by atoms with E-state index in [0.717, 1.165) is 0 Å². The second-order valence-corrected chi connectivity index (χ2v) is 6.71. The van der Waals surface area contributed by atoms with Gasteiger partial charge in [0.15, 0.2) is 0 Å². The molecule has 138 valence electrons. The number of esters is 1. The minimum absolute atomic E-state index is 0.0771. The lowest BCUT2D eigenvalue weighted by Crippen LogP contribution is -2.16. The molecule has 0 aliphatic rings. The summed E-state index contributed by atoms with van der Waals surface area (Å²) >= 11 is 1.35. The topological polar surface area (TPSA) is 68.3 Å². The number of thiazole rings is 1. The molecule has 7 heteroatoms. The Morgan fingerprint density at radius 1 is 1.22 bits per heavy atom. The molecule has 0 saturated heterocycles. The molecule has 1 heterocycles. The summed E-state index contributed by atoms with van der Waals surface area (Å²) in [7, 11) is 1.31. The number of nitrogens with one attached hydrogen (secondary N) is 1. The first-order valence-electron chi connectivity index (χ1n) is 8.16. The van der Waals surface area contributed by atoms with Crippen molar-refractivity contribution in [1.82, 2.24) is 4.98 Å². The van der Waals surface area contributed by atoms with Crippen LogP contribution in [0.4, 0.5) is 10.1 Å². The number of ether oxygens (including phenoxy) is 1. The molecule has 0 atom stereocenters. The third-order valence-electron chi connectivity index (χ3n) is 3.98. The molecule has 0 fully saturated rings. The van der Waals surface area contributed by atoms with E-state index in [1.807, 2.05) is 0 Å². The van der Waals surface area contributed by atoms with Crippen LogP contribution in [0.3, 0.4) is 0 Å². The predicted octanol–water partition coefficient (Wildman–Crippen LogP) is 4.23. The van der Waals surface area contributed by atoms with E-state index in [2.05, 4.69) is 10.3 Å². The largest absolute Gasteiger partial charge is 0.465 e. The summed E-state index contributed by atoms with van der Waals surface area (Å²) in [6.45, 7) is 1.74. The average Bonchev–Trinajstić information content (AvgIpc) is 3.11. The van der Waals surface area contributed by atoms with E-state index >= 15 is 0 Å². The van der Waals surface area contributed by atoms with Crippen LogP contribution in [0, 0.1) is 12.7 Å². The number of anilines is 1. The van der Waals surface area contributed by atoms with Crippen molar-refractivity contribution in [3.05, 3.63) is 70.5 Å². The number of amides is 1. The smallest absolute Gasteiger partial charge is 0.338 e. The van der Waals surface area contributed by atoms with Gasteiger partial charge in [0.1, 0.15) is 10.8 Å². The summed E-state index contributed by atoms with van der Waals surface area (Å²) in [5.74, 6) is -1.04. The Morgan fingerprint density at radius 2 is 2.00 bits per heavy atom. The predicted molar refractivity (Wildman–Crippen MR) is 102 cm³/mol. The molecule has 1 amide bonds. The molecule has 0 spiro atoms. The molecule has 1 N–H and O–H groups in total. The van der Waals surface area contributed by atoms with E-state index in [1.54, 1.807) is 42.6 Å². The quantitative estimate of drug-likeness (QED) is 0.669. The van der Waals surface area contributed by atoms with E-state index in [1.165, 1.54) is 30.6 Å². The van der Waals surface area contributed by atoms with Crippen molar-refractivity contribution in [1.29, 1.82) is 0 Å². The van der Waals surface area contributed by atoms with Crippen molar-refractivity contribution < 1.29 is 18.7 Å². The summed E-state index contributed by atoms with van der Waals surface area (Å²) in [5, 5.41) is 5.22. The van der Waals surface area contributed by atoms with Gasteiger partial charge in [0, 0.05) is 16.6 Å². The molecule has 0 aliphatic heterocycles. The van der Waals surface area contributed by atoms with Gasteiger partial charge in [-0.15, -0.1) is 11.3 Å². The van der Waals surface area contributed by atoms with Crippen LogP contribution in [0.5, 0.6) is 0 Å². The van der Waals surface area contributed by atoms with Crippen molar-refractivity contribution in [2.75, 3.05) is 12.4 Å². The number of nitrogens with zero attached hydrogens (tertiary/aromatic N) is 1. The summed E-state index contributed by atoms with van der Waals surface area (Å²) in [4.78, 5) is 28.5. The second-order valence-electron chi connectivity index (χ2n) is 5.85. The molecule has 1 aromatic heterocycles. The first-order chi connectivity index (χ1) is 13.0. The maximum Gasteiger partial charge on any atom is 0.338 e. The Bertz CT molecular complexity index is 1000. The molecule has 0 unspecified atom stereocenters. The zero-order valence-corrected chi connectivity index (χ0v) is 15.6. The van der Waals surface area contributed by atoms with Crippen LogP contribution < -0.4 is 5.32 Å². The molecule has 0 radical (unpaired) electrons. The van der Waals surface area contributed by atoms with Crippen molar-refractivity contribution in [2.45, 2.75) is 13.3 Å². The van der Waals surface area contributed by atoms with E-state index in [0.29, 0.717) is 33.1 Å². The Morgan fingerprint density at radius 3 is 2.74 bits per heavy atom. The van der Waals surface area contributed by atoms with Crippen LogP contribution in [0.2, 0.25) is 0 Å². The molecule has 27 heavy (non-hydrogen) atoms. The number of aromatic nitrogens is 1. The Kier molecular flexibility index (Phi) is 5.61. The molecular formula is C20H17FN2O3S. The highest BCUT2D eigenvalue weighted by Crippen LogP contribution is 2.25. The van der Waals surface area contributed by atoms with Crippen LogP contribution in [-0.2, 0) is 16.0 Å². The van der Waals surface area contributed by atoms with Gasteiger partial charge < -0.3 is 10.1 Å². The molecule has 2 aromatic carbocycles. The molecule has 3 aromatic rings. The molecule has 3 rings (SSSR count). The van der Waals surface area contributed by atoms with Gasteiger partial charge in [0.2, 0.25) is 5.91 Å². The fraction of sp³-hybridized carbons (Fsp3) is 0.150. The molecule has 0 saturated carbocycles. The number of halogens is 1. The highest BCUT2D eigenvalue weighted by Gasteiger charge is 2.14. The SMILES string of the molecule is COC(=O)c1cccc(NC(=O)Cc2csc(-c3cccc(F)c3)n2)c1C. The number of carbonyl (C=O) groups excluding carboxylic acids is 2. The van der Waals surface area contributed by atoms with Gasteiger partial charge in [-0.25, -0.2) is 14.2 Å². The van der Waals surface area contributed by atoms with Gasteiger partial charge in [0.25, 0.3) is 0 Å². The number of hydrogen-bond donors (Lipinski definition) is 1. The van der Waals surface area contributed by atoms with Crippen LogP contribution in [0.1, 0.15) is 21.6 Å². The number of carbonyl (C=O) groups is 2. The van der Waals surface area contributed by atoms with E-state index in [-0.39, 0.29) is 18.1 Å². The first-order valence-corrected chi connectivity index (χ1v) is 9.04. The second kappa shape index (κ2) is 8.09. The lowest BCUT2D eigenvalue weighted by Gasteiger charge is -2.11. The normalized spacial score (nSPS) is 10.5. The van der Waals surface area contributed by atoms with Crippen molar-refractivity contribution >= 4 is 28.9 Å². The van der Waals surface area contributed by atoms with E-state index in [4.69, 9.17) is 4.74 Å². The zero-order valence-electron chi connectivity index (χ0n) is 14.8. The summed E-state index contributed by atoms with van der Waals surface area (Å²) in [5.41, 5.74) is 2.85. The lowest BCUT2D eigenvalue weighted by atomic mass is 10.1. The van der Waals surface area contributed by atoms with Crippen LogP contribution in [-0.4, -0.2) is 24.0 Å². The fourth-order valence-electron chi connectivity index (χ4n) is 2.60. The molecule has 5 nitrogen and oxygen atoms in total. The maximum atomic E-state index is 13.3. The fourth-order valence-corrected chi connectivity index (χ4v) is 3.42. The summed E-state index contributed by atoms with van der Waals surface area (Å²) in [6.07, 6.45) is 0.0771. The van der Waals surface area contributed by atoms with Gasteiger partial charge >= 0.3 is 5.97 Å². The lowest BCUT2D eigenvalue weighted by molar-refractivity contribution is -0.115. The monoisotopic (exact) mass is 384 g/mol. The highest BCUT2D eigenvalue weighted by molar-refractivity contribution is 7.13. The summed E-state index contributed by atoms with van der Waals surface area (Å²) in [6, 6.07) is 11.2. The maximum absolute atomic E-state index is 13.3. The number of benzene rings is 2. The van der Waals surface area contributed by atoms with Crippen molar-refractivity contribution in [3.8, 4) is 10.6 Å². The van der Waals surface area contributed by atoms with Gasteiger partial charge in [-0.1, -0.05) is 18.2 Å². The Balaban J connectivity index is 1.71. The van der Waals surface area contributed by atoms with E-state index < -0.39 is 5.97 Å². The Hall–Kier alpha value is -3.06. The minimum Gasteiger partial charge on any atom is -0.465 e. The van der Waals surface area contributed by atoms with Gasteiger partial charge in [0.05, 0.1) is 24.8 Å². The molecular weight excluding hydrogens is 367 g/mol. The van der Waals surface area contributed by atoms with Crippen LogP contribution in [0.25, 0.3) is 10.6 Å². The van der Waals surface area contributed by atoms with Gasteiger partial charge in [-0.2, -0.15) is 0 Å². The van der Waals surface area contributed by atoms with Crippen molar-refractivity contribution in [2.24, 2.45) is 0 Å². The number of rotatable bonds is 5. The third-order valence-corrected chi connectivity index (χ3v) is 4.92. The van der Waals surface area contributed by atoms with Crippen LogP contribution in [0.15, 0.2) is 47.8 Å². The third kappa shape index (κ3) is 4.38. The highest BCUT2D eigenvalue weighted by atomic mass is 32.1. The minimum atomic E-state index is -0.456. The summed E-state index contributed by atoms with van der Waals surface area (Å²) < 4.78 is 18.1. The van der Waals surface area contributed by atoms with Gasteiger partial charge in [-0.05, 0) is 36.8 Å². The standard InChI is InChI=1S/C20H17FN2O3S/c1-12-16(20(25)26-2)7-4-8-17(12)23-18(24)10-15-11-27-19(22-15)13-5-3-6-14(21)9-13/h3-9,11H,10H2,1-2H3,(H,23,24). The average molecular weight is 384 g/mol. The van der Waals surface area contributed by atoms with Crippen LogP contribution >= 0.6 is 11.3 Å². The first kappa shape index (κ1) is 18.7. The Labute approximate surface area is 159 Å². The van der Waals surface area contributed by atoms with Gasteiger partial charge in [-0.3, -0.25) is 4.79 Å². The molecule has 0 aliphatic carbocycles. The van der Waals surface area contributed by atoms with E-state index in [9.17, 15) is 14.0 Å².